The molecular formula is C36H32N4O5S3. The van der Waals surface area contributed by atoms with Crippen LogP contribution >= 0.6 is 34.9 Å². The molecule has 1 aromatic heterocycles. The van der Waals surface area contributed by atoms with E-state index in [0.717, 1.165) is 26.8 Å². The largest absolute Gasteiger partial charge is 0.462 e. The number of carbonyl (C=O) groups excluding carboxylic acids is 4. The topological polar surface area (TPSA) is 117 Å². The van der Waals surface area contributed by atoms with Crippen LogP contribution in [0.1, 0.15) is 32.5 Å². The van der Waals surface area contributed by atoms with Crippen molar-refractivity contribution >= 4 is 80.7 Å². The van der Waals surface area contributed by atoms with Gasteiger partial charge in [-0.25, -0.2) is 9.59 Å². The molecule has 12 heteroatoms. The molecule has 9 nitrogen and oxygen atoms in total. The van der Waals surface area contributed by atoms with Gasteiger partial charge in [0.05, 0.1) is 39.8 Å². The van der Waals surface area contributed by atoms with Crippen LogP contribution in [0.15, 0.2) is 113 Å². The van der Waals surface area contributed by atoms with Crippen LogP contribution in [0.3, 0.4) is 0 Å². The Balaban J connectivity index is 1.13. The molecule has 244 valence electrons. The summed E-state index contributed by atoms with van der Waals surface area (Å²) in [4.78, 5) is 56.7. The number of thiophene rings is 1. The van der Waals surface area contributed by atoms with Gasteiger partial charge < -0.3 is 20.7 Å². The van der Waals surface area contributed by atoms with E-state index in [9.17, 15) is 19.2 Å². The standard InChI is InChI=1S/C36H32N4O5S3/c1-3-45-35(43)31-22(2)32(33(42)37-23-12-5-4-6-13-23)48-34(31)39-30(41)21-46-25-15-11-14-24(20-25)38-36(44)40-26-16-7-9-18-28(26)47-29-19-10-8-17-27(29)40/h4-20,26,28H,3,21H2,1-2H3,(H,37,42)(H,38,44)(H,39,41). The molecule has 0 radical (unpaired) electrons. The van der Waals surface area contributed by atoms with E-state index < -0.39 is 5.97 Å². The second kappa shape index (κ2) is 15.0. The molecule has 2 heterocycles. The lowest BCUT2D eigenvalue weighted by Gasteiger charge is -2.40. The molecule has 2 unspecified atom stereocenters. The molecule has 0 bridgehead atoms. The highest BCUT2D eigenvalue weighted by Crippen LogP contribution is 2.44. The molecule has 0 fully saturated rings. The molecule has 4 aromatic rings. The van der Waals surface area contributed by atoms with Crippen molar-refractivity contribution in [1.29, 1.82) is 0 Å². The van der Waals surface area contributed by atoms with E-state index in [1.807, 2.05) is 85.0 Å². The second-order valence-electron chi connectivity index (χ2n) is 10.8. The number of ether oxygens (including phenoxy) is 1. The number of amides is 4. The molecule has 4 amide bonds. The van der Waals surface area contributed by atoms with Crippen LogP contribution in [0, 0.1) is 6.92 Å². The first-order valence-electron chi connectivity index (χ1n) is 15.2. The summed E-state index contributed by atoms with van der Waals surface area (Å²) in [6.45, 7) is 3.50. The van der Waals surface area contributed by atoms with Crippen molar-refractivity contribution in [2.75, 3.05) is 33.2 Å². The minimum absolute atomic E-state index is 0.0275. The van der Waals surface area contributed by atoms with Crippen molar-refractivity contribution in [3.05, 3.63) is 119 Å². The van der Waals surface area contributed by atoms with Gasteiger partial charge in [0.2, 0.25) is 5.91 Å². The number of thioether (sulfide) groups is 2. The van der Waals surface area contributed by atoms with Crippen LogP contribution in [-0.2, 0) is 9.53 Å². The maximum Gasteiger partial charge on any atom is 0.341 e. The summed E-state index contributed by atoms with van der Waals surface area (Å²) in [5, 5.41) is 9.05. The Kier molecular flexibility index (Phi) is 10.3. The minimum Gasteiger partial charge on any atom is -0.462 e. The molecule has 6 rings (SSSR count). The Labute approximate surface area is 290 Å². The molecule has 3 N–H and O–H groups in total. The number of urea groups is 1. The Morgan fingerprint density at radius 1 is 0.875 bits per heavy atom. The average Bonchev–Trinajstić information content (AvgIpc) is 3.42. The average molecular weight is 697 g/mol. The van der Waals surface area contributed by atoms with Gasteiger partial charge in [-0.3, -0.25) is 14.5 Å². The number of nitrogens with one attached hydrogen (secondary N) is 3. The monoisotopic (exact) mass is 696 g/mol. The van der Waals surface area contributed by atoms with Gasteiger partial charge in [0.1, 0.15) is 5.00 Å². The number of para-hydroxylation sites is 2. The van der Waals surface area contributed by atoms with Gasteiger partial charge in [0.25, 0.3) is 5.91 Å². The second-order valence-corrected chi connectivity index (χ2v) is 14.1. The maximum atomic E-state index is 13.7. The smallest absolute Gasteiger partial charge is 0.341 e. The van der Waals surface area contributed by atoms with Crippen molar-refractivity contribution in [1.82, 2.24) is 0 Å². The van der Waals surface area contributed by atoms with Gasteiger partial charge in [0, 0.05) is 21.2 Å². The van der Waals surface area contributed by atoms with Crippen molar-refractivity contribution in [2.45, 2.75) is 34.9 Å². The Bertz CT molecular complexity index is 1920. The number of carbonyl (C=O) groups is 4. The fraction of sp³-hybridized carbons (Fsp3) is 0.167. The number of hydrogen-bond donors (Lipinski definition) is 3. The van der Waals surface area contributed by atoms with Gasteiger partial charge in [-0.2, -0.15) is 0 Å². The normalized spacial score (nSPS) is 16.0. The first kappa shape index (κ1) is 33.1. The minimum atomic E-state index is -0.614. The molecule has 48 heavy (non-hydrogen) atoms. The van der Waals surface area contributed by atoms with Gasteiger partial charge in [-0.05, 0) is 61.9 Å². The highest BCUT2D eigenvalue weighted by molar-refractivity contribution is 8.00. The zero-order valence-electron chi connectivity index (χ0n) is 26.1. The van der Waals surface area contributed by atoms with Gasteiger partial charge in [-0.15, -0.1) is 34.9 Å². The van der Waals surface area contributed by atoms with Gasteiger partial charge >= 0.3 is 12.0 Å². The van der Waals surface area contributed by atoms with Crippen LogP contribution in [0.4, 0.5) is 26.9 Å². The van der Waals surface area contributed by atoms with E-state index in [4.69, 9.17) is 4.74 Å². The van der Waals surface area contributed by atoms with E-state index in [0.29, 0.717) is 21.8 Å². The SMILES string of the molecule is CCOC(=O)c1c(NC(=O)CSc2cccc(NC(=O)N3c4ccccc4SC4C=CC=CC43)c2)sc(C(=O)Nc2ccccc2)c1C. The van der Waals surface area contributed by atoms with E-state index in [1.165, 1.54) is 11.8 Å². The zero-order chi connectivity index (χ0) is 33.6. The summed E-state index contributed by atoms with van der Waals surface area (Å²) in [5.41, 5.74) is 2.65. The summed E-state index contributed by atoms with van der Waals surface area (Å²) in [6, 6.07) is 23.8. The van der Waals surface area contributed by atoms with Crippen LogP contribution in [0.25, 0.3) is 0 Å². The summed E-state index contributed by atoms with van der Waals surface area (Å²) < 4.78 is 5.24. The fourth-order valence-electron chi connectivity index (χ4n) is 5.36. The molecule has 0 spiro atoms. The van der Waals surface area contributed by atoms with Crippen molar-refractivity contribution < 1.29 is 23.9 Å². The summed E-state index contributed by atoms with van der Waals surface area (Å²) in [6.07, 6.45) is 8.13. The third-order valence-corrected chi connectivity index (χ3v) is 11.0. The van der Waals surface area contributed by atoms with E-state index >= 15 is 0 Å². The Hall–Kier alpha value is -4.78. The molecule has 2 aliphatic rings. The number of benzene rings is 3. The molecule has 3 aromatic carbocycles. The number of rotatable bonds is 9. The lowest BCUT2D eigenvalue weighted by atomic mass is 10.1. The van der Waals surface area contributed by atoms with Crippen LogP contribution < -0.4 is 20.9 Å². The molecule has 2 atom stereocenters. The number of anilines is 4. The van der Waals surface area contributed by atoms with Gasteiger partial charge in [0.15, 0.2) is 0 Å². The first-order valence-corrected chi connectivity index (χ1v) is 17.9. The van der Waals surface area contributed by atoms with Crippen molar-refractivity contribution in [3.63, 3.8) is 0 Å². The van der Waals surface area contributed by atoms with E-state index in [-0.39, 0.29) is 52.1 Å². The van der Waals surface area contributed by atoms with Crippen LogP contribution in [-0.4, -0.2) is 47.5 Å². The molecule has 1 aliphatic carbocycles. The van der Waals surface area contributed by atoms with E-state index in [1.54, 1.807) is 42.6 Å². The number of hydrogen-bond acceptors (Lipinski definition) is 8. The molecule has 1 aliphatic heterocycles. The quantitative estimate of drug-likeness (QED) is 0.119. The first-order chi connectivity index (χ1) is 23.3. The fourth-order valence-corrected chi connectivity index (χ4v) is 8.48. The van der Waals surface area contributed by atoms with Crippen molar-refractivity contribution in [2.24, 2.45) is 0 Å². The van der Waals surface area contributed by atoms with E-state index in [2.05, 4.69) is 22.0 Å². The third kappa shape index (κ3) is 7.35. The lowest BCUT2D eigenvalue weighted by molar-refractivity contribution is -0.113. The molecule has 0 saturated heterocycles. The highest BCUT2D eigenvalue weighted by atomic mass is 32.2. The maximum absolute atomic E-state index is 13.7. The predicted molar refractivity (Wildman–Crippen MR) is 195 cm³/mol. The number of allylic oxidation sites excluding steroid dienone is 2. The van der Waals surface area contributed by atoms with Crippen molar-refractivity contribution in [3.8, 4) is 0 Å². The molecular weight excluding hydrogens is 665 g/mol. The molecule has 0 saturated carbocycles. The Morgan fingerprint density at radius 3 is 2.44 bits per heavy atom. The van der Waals surface area contributed by atoms with Crippen LogP contribution in [0.5, 0.6) is 0 Å². The predicted octanol–water partition coefficient (Wildman–Crippen LogP) is 8.22. The van der Waals surface area contributed by atoms with Gasteiger partial charge in [-0.1, -0.05) is 60.7 Å². The lowest BCUT2D eigenvalue weighted by Crippen LogP contribution is -2.49. The number of fused-ring (bicyclic) bond motifs is 2. The van der Waals surface area contributed by atoms with Crippen LogP contribution in [0.2, 0.25) is 0 Å². The summed E-state index contributed by atoms with van der Waals surface area (Å²) in [7, 11) is 0. The highest BCUT2D eigenvalue weighted by Gasteiger charge is 2.36. The number of nitrogens with zero attached hydrogens (tertiary/aromatic N) is 1. The third-order valence-electron chi connectivity index (χ3n) is 7.53. The Morgan fingerprint density at radius 2 is 1.62 bits per heavy atom. The zero-order valence-corrected chi connectivity index (χ0v) is 28.5. The number of esters is 1. The summed E-state index contributed by atoms with van der Waals surface area (Å²) >= 11 is 4.05. The summed E-state index contributed by atoms with van der Waals surface area (Å²) in [5.74, 6) is -1.33.